The Morgan fingerprint density at radius 3 is 1.86 bits per heavy atom. The van der Waals surface area contributed by atoms with Crippen molar-refractivity contribution in [3.63, 3.8) is 0 Å². The van der Waals surface area contributed by atoms with E-state index in [0.717, 1.165) is 4.90 Å². The van der Waals surface area contributed by atoms with Crippen LogP contribution >= 0.6 is 46.4 Å². The van der Waals surface area contributed by atoms with E-state index in [1.54, 1.807) is 30.3 Å². The Morgan fingerprint density at radius 1 is 0.828 bits per heavy atom. The number of amides is 2. The van der Waals surface area contributed by atoms with Gasteiger partial charge in [-0.15, -0.1) is 0 Å². The smallest absolute Gasteiger partial charge is 0.308 e. The molecule has 3 rings (SSSR count). The van der Waals surface area contributed by atoms with E-state index in [1.165, 1.54) is 0 Å². The van der Waals surface area contributed by atoms with Gasteiger partial charge in [-0.3, -0.25) is 24.1 Å². The van der Waals surface area contributed by atoms with E-state index >= 15 is 0 Å². The molecule has 0 N–H and O–H groups in total. The van der Waals surface area contributed by atoms with Crippen LogP contribution in [0.1, 0.15) is 37.5 Å². The number of benzene rings is 2. The summed E-state index contributed by atoms with van der Waals surface area (Å²) in [4.78, 5) is 49.8. The summed E-state index contributed by atoms with van der Waals surface area (Å²) in [5.74, 6) is -2.62. The van der Waals surface area contributed by atoms with E-state index in [2.05, 4.69) is 0 Å². The van der Waals surface area contributed by atoms with Crippen molar-refractivity contribution < 1.29 is 23.9 Å². The third-order valence-corrected chi connectivity index (χ3v) is 5.99. The number of nitrogens with zero attached hydrogens (tertiary/aromatic N) is 1. The molecule has 0 bridgehead atoms. The highest BCUT2D eigenvalue weighted by Gasteiger charge is 2.41. The standard InChI is InChI=1S/C19H11Cl4NO5/c20-14-12-13(15(21)17(23)16(14)22)19(28)24(18(12)27)7-6-11(26)29-8-10(25)9-4-2-1-3-5-9/h1-5H,6-8H2. The Morgan fingerprint density at radius 2 is 1.34 bits per heavy atom. The largest absolute Gasteiger partial charge is 0.457 e. The number of carbonyl (C=O) groups is 4. The van der Waals surface area contributed by atoms with Crippen molar-refractivity contribution in [3.05, 3.63) is 67.1 Å². The van der Waals surface area contributed by atoms with Gasteiger partial charge in [0.25, 0.3) is 11.8 Å². The molecular weight excluding hydrogens is 464 g/mol. The summed E-state index contributed by atoms with van der Waals surface area (Å²) < 4.78 is 4.92. The molecule has 0 radical (unpaired) electrons. The molecule has 0 unspecified atom stereocenters. The number of ketones is 1. The van der Waals surface area contributed by atoms with Gasteiger partial charge >= 0.3 is 5.97 Å². The second-order valence-corrected chi connectivity index (χ2v) is 7.48. The van der Waals surface area contributed by atoms with Crippen LogP contribution in [0.5, 0.6) is 0 Å². The monoisotopic (exact) mass is 473 g/mol. The second kappa shape index (κ2) is 8.71. The summed E-state index contributed by atoms with van der Waals surface area (Å²) in [6.45, 7) is -0.736. The molecular formula is C19H11Cl4NO5. The highest BCUT2D eigenvalue weighted by molar-refractivity contribution is 6.55. The number of hydrogen-bond donors (Lipinski definition) is 0. The van der Waals surface area contributed by atoms with E-state index < -0.39 is 24.4 Å². The van der Waals surface area contributed by atoms with Crippen molar-refractivity contribution in [3.8, 4) is 0 Å². The number of ether oxygens (including phenoxy) is 1. The Bertz CT molecular complexity index is 992. The summed E-state index contributed by atoms with van der Waals surface area (Å²) in [6.07, 6.45) is -0.315. The Labute approximate surface area is 185 Å². The van der Waals surface area contributed by atoms with Gasteiger partial charge < -0.3 is 4.74 Å². The first kappa shape index (κ1) is 21.6. The van der Waals surface area contributed by atoms with Crippen molar-refractivity contribution in [2.75, 3.05) is 13.2 Å². The topological polar surface area (TPSA) is 80.8 Å². The first-order valence-corrected chi connectivity index (χ1v) is 9.71. The van der Waals surface area contributed by atoms with Gasteiger partial charge in [0.2, 0.25) is 0 Å². The van der Waals surface area contributed by atoms with Gasteiger partial charge in [0, 0.05) is 12.1 Å². The van der Waals surface area contributed by atoms with Crippen LogP contribution in [0.15, 0.2) is 30.3 Å². The molecule has 29 heavy (non-hydrogen) atoms. The third kappa shape index (κ3) is 4.12. The minimum atomic E-state index is -0.751. The number of hydrogen-bond acceptors (Lipinski definition) is 5. The minimum absolute atomic E-state index is 0.140. The summed E-state index contributed by atoms with van der Waals surface area (Å²) in [6, 6.07) is 8.32. The normalized spacial score (nSPS) is 12.9. The van der Waals surface area contributed by atoms with E-state index in [9.17, 15) is 19.2 Å². The van der Waals surface area contributed by atoms with Gasteiger partial charge in [0.05, 0.1) is 37.6 Å². The van der Waals surface area contributed by atoms with E-state index in [4.69, 9.17) is 51.1 Å². The number of fused-ring (bicyclic) bond motifs is 1. The number of rotatable bonds is 6. The zero-order valence-corrected chi connectivity index (χ0v) is 17.5. The lowest BCUT2D eigenvalue weighted by atomic mass is 10.1. The van der Waals surface area contributed by atoms with E-state index in [-0.39, 0.29) is 50.0 Å². The fourth-order valence-corrected chi connectivity index (χ4v) is 3.74. The molecule has 0 saturated heterocycles. The molecule has 2 aromatic rings. The molecule has 0 aromatic heterocycles. The van der Waals surface area contributed by atoms with E-state index in [0.29, 0.717) is 5.56 Å². The maximum absolute atomic E-state index is 12.6. The first-order chi connectivity index (χ1) is 13.7. The molecule has 2 amide bonds. The number of halogens is 4. The number of Topliss-reactive ketones (excluding diaryl/α,β-unsaturated/α-hetero) is 1. The molecule has 0 saturated carbocycles. The molecule has 0 spiro atoms. The van der Waals surface area contributed by atoms with Crippen LogP contribution in [0.25, 0.3) is 0 Å². The van der Waals surface area contributed by atoms with Gasteiger partial charge in [-0.2, -0.15) is 0 Å². The average molecular weight is 475 g/mol. The number of esters is 1. The highest BCUT2D eigenvalue weighted by Crippen LogP contribution is 2.44. The zero-order valence-electron chi connectivity index (χ0n) is 14.5. The van der Waals surface area contributed by atoms with Crippen LogP contribution in [0, 0.1) is 0 Å². The van der Waals surface area contributed by atoms with E-state index in [1.807, 2.05) is 0 Å². The predicted octanol–water partition coefficient (Wildman–Crippen LogP) is 4.71. The maximum Gasteiger partial charge on any atom is 0.308 e. The Kier molecular flexibility index (Phi) is 6.49. The summed E-state index contributed by atoms with van der Waals surface area (Å²) in [5.41, 5.74) is 0.0751. The molecule has 150 valence electrons. The van der Waals surface area contributed by atoms with Crippen LogP contribution in [0.2, 0.25) is 20.1 Å². The number of imide groups is 1. The summed E-state index contributed by atoms with van der Waals surface area (Å²) >= 11 is 24.0. The molecule has 6 nitrogen and oxygen atoms in total. The van der Waals surface area contributed by atoms with Crippen LogP contribution in [-0.4, -0.2) is 41.6 Å². The van der Waals surface area contributed by atoms with Gasteiger partial charge in [-0.1, -0.05) is 76.7 Å². The molecule has 0 atom stereocenters. The van der Waals surface area contributed by atoms with Crippen LogP contribution in [-0.2, 0) is 9.53 Å². The second-order valence-electron chi connectivity index (χ2n) is 5.97. The highest BCUT2D eigenvalue weighted by atomic mass is 35.5. The quantitative estimate of drug-likeness (QED) is 0.199. The van der Waals surface area contributed by atoms with Crippen molar-refractivity contribution in [2.45, 2.75) is 6.42 Å². The third-order valence-electron chi connectivity index (χ3n) is 4.18. The minimum Gasteiger partial charge on any atom is -0.457 e. The molecule has 10 heteroatoms. The summed E-state index contributed by atoms with van der Waals surface area (Å²) in [7, 11) is 0. The zero-order chi connectivity index (χ0) is 21.3. The first-order valence-electron chi connectivity index (χ1n) is 8.20. The molecule has 0 fully saturated rings. The molecule has 0 aliphatic carbocycles. The van der Waals surface area contributed by atoms with Crippen LogP contribution in [0.3, 0.4) is 0 Å². The van der Waals surface area contributed by atoms with Gasteiger partial charge in [-0.05, 0) is 0 Å². The molecule has 1 heterocycles. The van der Waals surface area contributed by atoms with Crippen molar-refractivity contribution in [2.24, 2.45) is 0 Å². The maximum atomic E-state index is 12.6. The number of carbonyl (C=O) groups excluding carboxylic acids is 4. The lowest BCUT2D eigenvalue weighted by Crippen LogP contribution is -2.32. The van der Waals surface area contributed by atoms with Gasteiger partial charge in [-0.25, -0.2) is 0 Å². The van der Waals surface area contributed by atoms with Gasteiger partial charge in [0.15, 0.2) is 12.4 Å². The SMILES string of the molecule is O=C(CCN1C(=O)c2c(Cl)c(Cl)c(Cl)c(Cl)c2C1=O)OCC(=O)c1ccccc1. The lowest BCUT2D eigenvalue weighted by molar-refractivity contribution is -0.142. The summed E-state index contributed by atoms with van der Waals surface area (Å²) in [5, 5.41) is -0.654. The Balaban J connectivity index is 1.64. The van der Waals surface area contributed by atoms with Crippen LogP contribution < -0.4 is 0 Å². The molecule has 1 aliphatic rings. The molecule has 2 aromatic carbocycles. The van der Waals surface area contributed by atoms with Crippen LogP contribution in [0.4, 0.5) is 0 Å². The fourth-order valence-electron chi connectivity index (χ4n) is 2.73. The predicted molar refractivity (Wildman–Crippen MR) is 108 cm³/mol. The average Bonchev–Trinajstić information content (AvgIpc) is 2.97. The molecule has 1 aliphatic heterocycles. The van der Waals surface area contributed by atoms with Crippen molar-refractivity contribution in [1.29, 1.82) is 0 Å². The Hall–Kier alpha value is -2.12. The lowest BCUT2D eigenvalue weighted by Gasteiger charge is -2.13. The van der Waals surface area contributed by atoms with Gasteiger partial charge in [0.1, 0.15) is 0 Å². The fraction of sp³-hybridized carbons (Fsp3) is 0.158. The van der Waals surface area contributed by atoms with Crippen molar-refractivity contribution >= 4 is 70.0 Å². The van der Waals surface area contributed by atoms with Crippen molar-refractivity contribution in [1.82, 2.24) is 4.90 Å².